The van der Waals surface area contributed by atoms with E-state index >= 15 is 0 Å². The van der Waals surface area contributed by atoms with Crippen molar-refractivity contribution in [2.24, 2.45) is 5.73 Å². The van der Waals surface area contributed by atoms with Crippen molar-refractivity contribution in [3.05, 3.63) is 65.0 Å². The third kappa shape index (κ3) is 4.14. The van der Waals surface area contributed by atoms with Crippen LogP contribution in [0.15, 0.2) is 42.5 Å². The third-order valence-electron chi connectivity index (χ3n) is 3.41. The molecule has 0 radical (unpaired) electrons. The molecule has 0 fully saturated rings. The highest BCUT2D eigenvalue weighted by molar-refractivity contribution is 6.04. The van der Waals surface area contributed by atoms with Gasteiger partial charge in [-0.25, -0.2) is 4.39 Å². The number of hydrogen-bond donors (Lipinski definition) is 3. The second kappa shape index (κ2) is 7.02. The summed E-state index contributed by atoms with van der Waals surface area (Å²) in [4.78, 5) is 23.5. The van der Waals surface area contributed by atoms with Crippen molar-refractivity contribution in [2.75, 3.05) is 5.32 Å². The van der Waals surface area contributed by atoms with Crippen LogP contribution in [0, 0.1) is 12.7 Å². The number of nitrogens with one attached hydrogen (secondary N) is 1. The summed E-state index contributed by atoms with van der Waals surface area (Å²) < 4.78 is 13.1. The summed E-state index contributed by atoms with van der Waals surface area (Å²) in [7, 11) is 0. The molecule has 23 heavy (non-hydrogen) atoms. The van der Waals surface area contributed by atoms with Gasteiger partial charge < -0.3 is 16.2 Å². The number of rotatable bonds is 5. The minimum Gasteiger partial charge on any atom is -0.388 e. The number of aryl methyl sites for hydroxylation is 1. The van der Waals surface area contributed by atoms with Crippen LogP contribution in [0.5, 0.6) is 0 Å². The molecule has 1 unspecified atom stereocenters. The molecule has 1 atom stereocenters. The fourth-order valence-electron chi connectivity index (χ4n) is 2.31. The Morgan fingerprint density at radius 2 is 1.96 bits per heavy atom. The minimum absolute atomic E-state index is 0.223. The van der Waals surface area contributed by atoms with Crippen molar-refractivity contribution in [2.45, 2.75) is 19.4 Å². The van der Waals surface area contributed by atoms with E-state index in [2.05, 4.69) is 5.32 Å². The largest absolute Gasteiger partial charge is 0.388 e. The lowest BCUT2D eigenvalue weighted by atomic mass is 10.0. The van der Waals surface area contributed by atoms with Crippen LogP contribution in [-0.2, 0) is 4.79 Å². The molecule has 0 aliphatic carbocycles. The molecular formula is C17H17FN2O3. The maximum atomic E-state index is 13.1. The molecule has 2 aromatic rings. The number of hydrogen-bond acceptors (Lipinski definition) is 3. The van der Waals surface area contributed by atoms with Crippen LogP contribution in [-0.4, -0.2) is 16.9 Å². The number of halogens is 1. The second-order valence-electron chi connectivity index (χ2n) is 5.18. The Balaban J connectivity index is 2.11. The predicted molar refractivity (Wildman–Crippen MR) is 84.3 cm³/mol. The van der Waals surface area contributed by atoms with Crippen LogP contribution in [0.25, 0.3) is 0 Å². The molecule has 0 aliphatic rings. The molecule has 2 amide bonds. The van der Waals surface area contributed by atoms with Crippen molar-refractivity contribution in [1.82, 2.24) is 0 Å². The predicted octanol–water partition coefficient (Wildman–Crippen LogP) is 2.30. The number of carbonyl (C=O) groups excluding carboxylic acids is 2. The van der Waals surface area contributed by atoms with E-state index in [1.165, 1.54) is 24.3 Å². The van der Waals surface area contributed by atoms with E-state index in [1.54, 1.807) is 25.1 Å². The van der Waals surface area contributed by atoms with Crippen LogP contribution in [0.3, 0.4) is 0 Å². The van der Waals surface area contributed by atoms with Crippen molar-refractivity contribution >= 4 is 17.5 Å². The molecule has 6 heteroatoms. The minimum atomic E-state index is -1.15. The smallest absolute Gasteiger partial charge is 0.251 e. The lowest BCUT2D eigenvalue weighted by Gasteiger charge is -2.14. The molecule has 2 rings (SSSR count). The Bertz CT molecular complexity index is 746. The maximum Gasteiger partial charge on any atom is 0.251 e. The number of aliphatic hydroxyl groups excluding tert-OH is 1. The van der Waals surface area contributed by atoms with Gasteiger partial charge in [-0.1, -0.05) is 24.3 Å². The molecule has 0 bridgehead atoms. The van der Waals surface area contributed by atoms with Crippen LogP contribution < -0.4 is 11.1 Å². The molecule has 0 aromatic heterocycles. The number of benzene rings is 2. The molecule has 0 saturated carbocycles. The van der Waals surface area contributed by atoms with Gasteiger partial charge in [0.1, 0.15) is 5.82 Å². The van der Waals surface area contributed by atoms with Gasteiger partial charge in [-0.2, -0.15) is 0 Å². The van der Waals surface area contributed by atoms with Crippen LogP contribution in [0.2, 0.25) is 0 Å². The zero-order valence-electron chi connectivity index (χ0n) is 12.5. The molecule has 0 heterocycles. The van der Waals surface area contributed by atoms with E-state index in [0.29, 0.717) is 11.1 Å². The van der Waals surface area contributed by atoms with Gasteiger partial charge in [0.25, 0.3) is 5.91 Å². The third-order valence-corrected chi connectivity index (χ3v) is 3.41. The standard InChI is InChI=1S/C17H17FN2O3/c1-10-4-2-7-13(16(10)17(19)23)20-15(22)9-14(21)11-5-3-6-12(18)8-11/h2-8,14,21H,9H2,1H3,(H2,19,23)(H,20,22). The quantitative estimate of drug-likeness (QED) is 0.790. The average Bonchev–Trinajstić information content (AvgIpc) is 2.46. The first-order chi connectivity index (χ1) is 10.9. The average molecular weight is 316 g/mol. The number of anilines is 1. The SMILES string of the molecule is Cc1cccc(NC(=O)CC(O)c2cccc(F)c2)c1C(N)=O. The van der Waals surface area contributed by atoms with E-state index in [-0.39, 0.29) is 17.7 Å². The summed E-state index contributed by atoms with van der Waals surface area (Å²) in [5, 5.41) is 12.6. The number of aliphatic hydroxyl groups is 1. The van der Waals surface area contributed by atoms with Gasteiger partial charge in [-0.15, -0.1) is 0 Å². The van der Waals surface area contributed by atoms with Gasteiger partial charge >= 0.3 is 0 Å². The number of carbonyl (C=O) groups is 2. The van der Waals surface area contributed by atoms with Crippen molar-refractivity contribution in [1.29, 1.82) is 0 Å². The van der Waals surface area contributed by atoms with Gasteiger partial charge in [0.2, 0.25) is 5.91 Å². The Kier molecular flexibility index (Phi) is 5.08. The summed E-state index contributed by atoms with van der Waals surface area (Å²) in [6, 6.07) is 10.3. The maximum absolute atomic E-state index is 13.1. The summed E-state index contributed by atoms with van der Waals surface area (Å²) in [5.41, 5.74) is 6.77. The summed E-state index contributed by atoms with van der Waals surface area (Å²) in [6.07, 6.45) is -1.41. The van der Waals surface area contributed by atoms with E-state index in [9.17, 15) is 19.1 Å². The summed E-state index contributed by atoms with van der Waals surface area (Å²) in [6.45, 7) is 1.71. The lowest BCUT2D eigenvalue weighted by Crippen LogP contribution is -2.20. The Morgan fingerprint density at radius 3 is 2.61 bits per heavy atom. The fraction of sp³-hybridized carbons (Fsp3) is 0.176. The van der Waals surface area contributed by atoms with E-state index in [0.717, 1.165) is 0 Å². The number of amides is 2. The van der Waals surface area contributed by atoms with Gasteiger partial charge in [0.15, 0.2) is 0 Å². The Morgan fingerprint density at radius 1 is 1.26 bits per heavy atom. The first-order valence-electron chi connectivity index (χ1n) is 7.01. The normalized spacial score (nSPS) is 11.8. The molecule has 0 aliphatic heterocycles. The Hall–Kier alpha value is -2.73. The highest BCUT2D eigenvalue weighted by atomic mass is 19.1. The molecule has 4 N–H and O–H groups in total. The van der Waals surface area contributed by atoms with Crippen molar-refractivity contribution in [3.8, 4) is 0 Å². The van der Waals surface area contributed by atoms with Gasteiger partial charge in [-0.3, -0.25) is 9.59 Å². The summed E-state index contributed by atoms with van der Waals surface area (Å²) in [5.74, 6) is -1.64. The van der Waals surface area contributed by atoms with Gasteiger partial charge in [0, 0.05) is 0 Å². The monoisotopic (exact) mass is 316 g/mol. The number of nitrogens with two attached hydrogens (primary N) is 1. The molecule has 0 saturated heterocycles. The molecular weight excluding hydrogens is 299 g/mol. The molecule has 0 spiro atoms. The van der Waals surface area contributed by atoms with E-state index in [1.807, 2.05) is 0 Å². The molecule has 5 nitrogen and oxygen atoms in total. The van der Waals surface area contributed by atoms with Crippen LogP contribution in [0.1, 0.15) is 34.0 Å². The zero-order valence-corrected chi connectivity index (χ0v) is 12.5. The van der Waals surface area contributed by atoms with Crippen LogP contribution >= 0.6 is 0 Å². The first kappa shape index (κ1) is 16.6. The Labute approximate surface area is 132 Å². The van der Waals surface area contributed by atoms with Gasteiger partial charge in [-0.05, 0) is 36.2 Å². The van der Waals surface area contributed by atoms with Crippen LogP contribution in [0.4, 0.5) is 10.1 Å². The first-order valence-corrected chi connectivity index (χ1v) is 7.01. The van der Waals surface area contributed by atoms with Gasteiger partial charge in [0.05, 0.1) is 23.8 Å². The van der Waals surface area contributed by atoms with Crippen molar-refractivity contribution < 1.29 is 19.1 Å². The molecule has 2 aromatic carbocycles. The molecule has 120 valence electrons. The highest BCUT2D eigenvalue weighted by Crippen LogP contribution is 2.22. The topological polar surface area (TPSA) is 92.4 Å². The van der Waals surface area contributed by atoms with E-state index < -0.39 is 23.7 Å². The number of primary amides is 1. The highest BCUT2D eigenvalue weighted by Gasteiger charge is 2.17. The lowest BCUT2D eigenvalue weighted by molar-refractivity contribution is -0.118. The fourth-order valence-corrected chi connectivity index (χ4v) is 2.31. The summed E-state index contributed by atoms with van der Waals surface area (Å²) >= 11 is 0. The second-order valence-corrected chi connectivity index (χ2v) is 5.18. The van der Waals surface area contributed by atoms with Crippen molar-refractivity contribution in [3.63, 3.8) is 0 Å². The van der Waals surface area contributed by atoms with E-state index in [4.69, 9.17) is 5.73 Å². The zero-order chi connectivity index (χ0) is 17.0.